The van der Waals surface area contributed by atoms with Crippen LogP contribution in [-0.2, 0) is 16.1 Å². The second kappa shape index (κ2) is 6.55. The fraction of sp³-hybridized carbons (Fsp3) is 0.118. The van der Waals surface area contributed by atoms with E-state index >= 15 is 0 Å². The maximum atomic E-state index is 11.5. The Morgan fingerprint density at radius 1 is 1.05 bits per heavy atom. The summed E-state index contributed by atoms with van der Waals surface area (Å²) in [5, 5.41) is 0. The van der Waals surface area contributed by atoms with E-state index in [9.17, 15) is 4.79 Å². The van der Waals surface area contributed by atoms with Gasteiger partial charge in [-0.25, -0.2) is 4.79 Å². The molecular weight excluding hydrogens is 236 g/mol. The van der Waals surface area contributed by atoms with Crippen LogP contribution >= 0.6 is 0 Å². The number of benzene rings is 2. The summed E-state index contributed by atoms with van der Waals surface area (Å²) in [6.45, 7) is 2.33. The van der Waals surface area contributed by atoms with Gasteiger partial charge in [0.25, 0.3) is 0 Å². The van der Waals surface area contributed by atoms with Gasteiger partial charge in [-0.05, 0) is 24.1 Å². The lowest BCUT2D eigenvalue weighted by atomic mass is 10.1. The number of ether oxygens (including phenoxy) is 1. The molecule has 0 aliphatic heterocycles. The maximum absolute atomic E-state index is 11.5. The van der Waals surface area contributed by atoms with Crippen molar-refractivity contribution in [2.45, 2.75) is 13.5 Å². The molecule has 0 spiro atoms. The number of hydrogen-bond donors (Lipinski definition) is 0. The highest BCUT2D eigenvalue weighted by Gasteiger charge is 1.98. The van der Waals surface area contributed by atoms with Crippen molar-refractivity contribution >= 4 is 12.0 Å². The van der Waals surface area contributed by atoms with E-state index < -0.39 is 0 Å². The summed E-state index contributed by atoms with van der Waals surface area (Å²) in [7, 11) is 0. The lowest BCUT2D eigenvalue weighted by Crippen LogP contribution is -2.00. The molecule has 2 nitrogen and oxygen atoms in total. The summed E-state index contributed by atoms with van der Waals surface area (Å²) >= 11 is 0. The normalized spacial score (nSPS) is 10.6. The van der Waals surface area contributed by atoms with Gasteiger partial charge in [-0.15, -0.1) is 0 Å². The summed E-state index contributed by atoms with van der Waals surface area (Å²) in [6.07, 6.45) is 3.21. The van der Waals surface area contributed by atoms with Gasteiger partial charge in [0.2, 0.25) is 0 Å². The minimum Gasteiger partial charge on any atom is -0.458 e. The summed E-state index contributed by atoms with van der Waals surface area (Å²) in [5.74, 6) is -0.329. The molecule has 0 saturated heterocycles. The van der Waals surface area contributed by atoms with Gasteiger partial charge in [-0.1, -0.05) is 60.2 Å². The Morgan fingerprint density at radius 3 is 2.42 bits per heavy atom. The van der Waals surface area contributed by atoms with Crippen LogP contribution in [0.4, 0.5) is 0 Å². The zero-order valence-corrected chi connectivity index (χ0v) is 10.9. The quantitative estimate of drug-likeness (QED) is 0.612. The molecule has 2 rings (SSSR count). The van der Waals surface area contributed by atoms with Crippen LogP contribution in [0.3, 0.4) is 0 Å². The fourth-order valence-electron chi connectivity index (χ4n) is 1.62. The van der Waals surface area contributed by atoms with E-state index in [1.54, 1.807) is 6.08 Å². The second-order valence-corrected chi connectivity index (χ2v) is 4.34. The second-order valence-electron chi connectivity index (χ2n) is 4.34. The zero-order valence-electron chi connectivity index (χ0n) is 10.9. The molecule has 0 aliphatic rings. The predicted octanol–water partition coefficient (Wildman–Crippen LogP) is 3.75. The van der Waals surface area contributed by atoms with Gasteiger partial charge in [0.05, 0.1) is 0 Å². The van der Waals surface area contributed by atoms with Crippen LogP contribution in [0.25, 0.3) is 6.08 Å². The number of carbonyl (C=O) groups excluding carboxylic acids is 1. The van der Waals surface area contributed by atoms with Crippen LogP contribution in [0.2, 0.25) is 0 Å². The average molecular weight is 252 g/mol. The largest absolute Gasteiger partial charge is 0.458 e. The molecule has 0 bridgehead atoms. The average Bonchev–Trinajstić information content (AvgIpc) is 2.45. The molecule has 0 saturated carbocycles. The molecule has 19 heavy (non-hydrogen) atoms. The van der Waals surface area contributed by atoms with Crippen LogP contribution in [0.1, 0.15) is 16.7 Å². The van der Waals surface area contributed by atoms with Crippen LogP contribution in [0.15, 0.2) is 60.7 Å². The molecule has 0 aromatic heterocycles. The smallest absolute Gasteiger partial charge is 0.331 e. The van der Waals surface area contributed by atoms with Gasteiger partial charge in [0.1, 0.15) is 6.61 Å². The van der Waals surface area contributed by atoms with Crippen molar-refractivity contribution < 1.29 is 9.53 Å². The Bertz CT molecular complexity index is 554. The van der Waals surface area contributed by atoms with E-state index in [2.05, 4.69) is 0 Å². The first-order valence-electron chi connectivity index (χ1n) is 6.19. The molecule has 2 aromatic rings. The van der Waals surface area contributed by atoms with Crippen LogP contribution < -0.4 is 0 Å². The fourth-order valence-corrected chi connectivity index (χ4v) is 1.62. The Morgan fingerprint density at radius 2 is 1.74 bits per heavy atom. The Hall–Kier alpha value is -2.35. The standard InChI is InChI=1S/C17H16O2/c1-14-7-9-15(10-8-14)11-12-17(18)19-13-16-5-3-2-4-6-16/h2-12H,13H2,1H3. The van der Waals surface area contributed by atoms with Gasteiger partial charge in [-0.2, -0.15) is 0 Å². The van der Waals surface area contributed by atoms with E-state index in [4.69, 9.17) is 4.74 Å². The predicted molar refractivity (Wildman–Crippen MR) is 76.5 cm³/mol. The molecular formula is C17H16O2. The van der Waals surface area contributed by atoms with E-state index in [1.807, 2.05) is 61.5 Å². The van der Waals surface area contributed by atoms with Crippen molar-refractivity contribution in [2.75, 3.05) is 0 Å². The molecule has 0 aliphatic carbocycles. The lowest BCUT2D eigenvalue weighted by molar-refractivity contribution is -0.138. The molecule has 96 valence electrons. The molecule has 2 aromatic carbocycles. The Balaban J connectivity index is 1.86. The van der Waals surface area contributed by atoms with Gasteiger partial charge < -0.3 is 4.74 Å². The van der Waals surface area contributed by atoms with E-state index in [0.29, 0.717) is 6.61 Å². The molecule has 0 fully saturated rings. The minimum absolute atomic E-state index is 0.303. The monoisotopic (exact) mass is 252 g/mol. The first-order valence-corrected chi connectivity index (χ1v) is 6.19. The molecule has 0 unspecified atom stereocenters. The van der Waals surface area contributed by atoms with Gasteiger partial charge in [-0.3, -0.25) is 0 Å². The van der Waals surface area contributed by atoms with E-state index in [-0.39, 0.29) is 5.97 Å². The molecule has 0 radical (unpaired) electrons. The van der Waals surface area contributed by atoms with Crippen LogP contribution in [0, 0.1) is 6.92 Å². The first kappa shape index (κ1) is 13.1. The summed E-state index contributed by atoms with van der Waals surface area (Å²) in [5.41, 5.74) is 3.17. The SMILES string of the molecule is Cc1ccc(C=CC(=O)OCc2ccccc2)cc1. The molecule has 0 atom stereocenters. The van der Waals surface area contributed by atoms with E-state index in [1.165, 1.54) is 11.6 Å². The third kappa shape index (κ3) is 4.43. The van der Waals surface area contributed by atoms with Gasteiger partial charge >= 0.3 is 5.97 Å². The molecule has 2 heteroatoms. The maximum Gasteiger partial charge on any atom is 0.331 e. The number of esters is 1. The zero-order chi connectivity index (χ0) is 13.5. The highest BCUT2D eigenvalue weighted by molar-refractivity contribution is 5.87. The number of hydrogen-bond acceptors (Lipinski definition) is 2. The van der Waals surface area contributed by atoms with Crippen molar-refractivity contribution in [1.29, 1.82) is 0 Å². The third-order valence-corrected chi connectivity index (χ3v) is 2.71. The first-order chi connectivity index (χ1) is 9.24. The molecule has 0 heterocycles. The minimum atomic E-state index is -0.329. The van der Waals surface area contributed by atoms with Crippen molar-refractivity contribution in [3.63, 3.8) is 0 Å². The highest BCUT2D eigenvalue weighted by atomic mass is 16.5. The van der Waals surface area contributed by atoms with Crippen molar-refractivity contribution in [3.05, 3.63) is 77.4 Å². The van der Waals surface area contributed by atoms with Crippen LogP contribution in [-0.4, -0.2) is 5.97 Å². The number of carbonyl (C=O) groups is 1. The third-order valence-electron chi connectivity index (χ3n) is 2.71. The van der Waals surface area contributed by atoms with Crippen molar-refractivity contribution in [2.24, 2.45) is 0 Å². The Labute approximate surface area is 113 Å². The Kier molecular flexibility index (Phi) is 4.51. The number of rotatable bonds is 4. The van der Waals surface area contributed by atoms with Crippen LogP contribution in [0.5, 0.6) is 0 Å². The highest BCUT2D eigenvalue weighted by Crippen LogP contribution is 2.06. The lowest BCUT2D eigenvalue weighted by Gasteiger charge is -2.01. The molecule has 0 N–H and O–H groups in total. The van der Waals surface area contributed by atoms with Gasteiger partial charge in [0, 0.05) is 6.08 Å². The summed E-state index contributed by atoms with van der Waals surface area (Å²) in [4.78, 5) is 11.5. The topological polar surface area (TPSA) is 26.3 Å². The van der Waals surface area contributed by atoms with Crippen molar-refractivity contribution in [3.8, 4) is 0 Å². The number of aryl methyl sites for hydroxylation is 1. The summed E-state index contributed by atoms with van der Waals surface area (Å²) in [6, 6.07) is 17.6. The molecule has 0 amide bonds. The van der Waals surface area contributed by atoms with Crippen molar-refractivity contribution in [1.82, 2.24) is 0 Å². The van der Waals surface area contributed by atoms with E-state index in [0.717, 1.165) is 11.1 Å². The summed E-state index contributed by atoms with van der Waals surface area (Å²) < 4.78 is 5.15. The van der Waals surface area contributed by atoms with Gasteiger partial charge in [0.15, 0.2) is 0 Å².